The van der Waals surface area contributed by atoms with Crippen LogP contribution in [0.2, 0.25) is 0 Å². The highest BCUT2D eigenvalue weighted by molar-refractivity contribution is 6.01. The molecule has 7 nitrogen and oxygen atoms in total. The first-order valence-electron chi connectivity index (χ1n) is 8.18. The van der Waals surface area contributed by atoms with E-state index < -0.39 is 11.2 Å². The number of rotatable bonds is 5. The molecule has 24 heavy (non-hydrogen) atoms. The van der Waals surface area contributed by atoms with Gasteiger partial charge in [0.05, 0.1) is 5.69 Å². The van der Waals surface area contributed by atoms with E-state index in [2.05, 4.69) is 10.3 Å². The Balaban J connectivity index is 2.78. The molecular weight excluding hydrogens is 308 g/mol. The third-order valence-electron chi connectivity index (χ3n) is 4.14. The lowest BCUT2D eigenvalue weighted by Crippen LogP contribution is -2.38. The van der Waals surface area contributed by atoms with Gasteiger partial charge in [0.1, 0.15) is 5.39 Å². The van der Waals surface area contributed by atoms with Crippen molar-refractivity contribution in [2.75, 3.05) is 5.32 Å². The minimum atomic E-state index is -0.450. The molecule has 130 valence electrons. The lowest BCUT2D eigenvalue weighted by molar-refractivity contribution is -0.116. The second kappa shape index (κ2) is 6.98. The Morgan fingerprint density at radius 2 is 1.92 bits per heavy atom. The molecule has 0 saturated carbocycles. The van der Waals surface area contributed by atoms with Gasteiger partial charge in [-0.25, -0.2) is 9.78 Å². The lowest BCUT2D eigenvalue weighted by atomic mass is 10.0. The van der Waals surface area contributed by atoms with Gasteiger partial charge in [0, 0.05) is 26.7 Å². The van der Waals surface area contributed by atoms with E-state index >= 15 is 0 Å². The number of pyridine rings is 1. The van der Waals surface area contributed by atoms with E-state index in [0.29, 0.717) is 12.1 Å². The van der Waals surface area contributed by atoms with Crippen LogP contribution in [0.4, 0.5) is 5.69 Å². The van der Waals surface area contributed by atoms with Crippen LogP contribution >= 0.6 is 0 Å². The van der Waals surface area contributed by atoms with E-state index in [1.807, 2.05) is 20.8 Å². The van der Waals surface area contributed by atoms with E-state index in [1.54, 1.807) is 13.2 Å². The number of amides is 1. The van der Waals surface area contributed by atoms with Crippen LogP contribution in [0.15, 0.2) is 15.8 Å². The molecule has 0 aliphatic heterocycles. The number of unbranched alkanes of at least 4 members (excludes halogenated alkanes) is 1. The second-order valence-electron chi connectivity index (χ2n) is 6.30. The minimum absolute atomic E-state index is 0.0744. The largest absolute Gasteiger partial charge is 0.332 e. The highest BCUT2D eigenvalue weighted by Crippen LogP contribution is 2.28. The SMILES string of the molecule is CCCCC(=O)Nc1c(C(C)C)cnc2c1c(=O)n(C)c(=O)n2C. The molecule has 1 N–H and O–H groups in total. The molecule has 0 spiro atoms. The molecule has 0 saturated heterocycles. The molecule has 0 aliphatic carbocycles. The molecule has 7 heteroatoms. The number of hydrogen-bond acceptors (Lipinski definition) is 4. The van der Waals surface area contributed by atoms with Crippen LogP contribution < -0.4 is 16.6 Å². The highest BCUT2D eigenvalue weighted by Gasteiger charge is 2.20. The van der Waals surface area contributed by atoms with Crippen LogP contribution in [0.3, 0.4) is 0 Å². The Morgan fingerprint density at radius 3 is 2.50 bits per heavy atom. The third kappa shape index (κ3) is 3.11. The smallest absolute Gasteiger partial charge is 0.325 e. The maximum atomic E-state index is 12.7. The van der Waals surface area contributed by atoms with Crippen LogP contribution in [-0.4, -0.2) is 20.0 Å². The average Bonchev–Trinajstić information content (AvgIpc) is 2.55. The summed E-state index contributed by atoms with van der Waals surface area (Å²) < 4.78 is 2.36. The zero-order valence-electron chi connectivity index (χ0n) is 14.8. The number of hydrogen-bond donors (Lipinski definition) is 1. The minimum Gasteiger partial charge on any atom is -0.325 e. The summed E-state index contributed by atoms with van der Waals surface area (Å²) in [5.74, 6) is -0.0625. The number of carbonyl (C=O) groups excluding carboxylic acids is 1. The summed E-state index contributed by atoms with van der Waals surface area (Å²) in [6, 6.07) is 0. The van der Waals surface area contributed by atoms with E-state index in [0.717, 1.165) is 23.0 Å². The normalized spacial score (nSPS) is 11.2. The van der Waals surface area contributed by atoms with E-state index in [4.69, 9.17) is 0 Å². The van der Waals surface area contributed by atoms with E-state index in [1.165, 1.54) is 11.6 Å². The number of aromatic nitrogens is 3. The molecule has 2 aromatic rings. The summed E-state index contributed by atoms with van der Waals surface area (Å²) in [6.07, 6.45) is 3.71. The second-order valence-corrected chi connectivity index (χ2v) is 6.30. The zero-order chi connectivity index (χ0) is 18.0. The summed E-state index contributed by atoms with van der Waals surface area (Å²) in [7, 11) is 2.99. The van der Waals surface area contributed by atoms with Gasteiger partial charge in [-0.15, -0.1) is 0 Å². The van der Waals surface area contributed by atoms with Crippen LogP contribution in [0.1, 0.15) is 51.5 Å². The Labute approximate surface area is 140 Å². The first-order chi connectivity index (χ1) is 11.3. The average molecular weight is 332 g/mol. The Kier molecular flexibility index (Phi) is 5.21. The maximum absolute atomic E-state index is 12.7. The van der Waals surface area contributed by atoms with Crippen molar-refractivity contribution in [1.82, 2.24) is 14.1 Å². The van der Waals surface area contributed by atoms with Gasteiger partial charge in [-0.3, -0.25) is 18.7 Å². The first-order valence-corrected chi connectivity index (χ1v) is 8.18. The molecule has 0 atom stereocenters. The van der Waals surface area contributed by atoms with Crippen molar-refractivity contribution in [1.29, 1.82) is 0 Å². The predicted octanol–water partition coefficient (Wildman–Crippen LogP) is 1.88. The van der Waals surface area contributed by atoms with Gasteiger partial charge in [-0.1, -0.05) is 27.2 Å². The summed E-state index contributed by atoms with van der Waals surface area (Å²) in [5.41, 5.74) is 0.628. The molecule has 0 radical (unpaired) electrons. The van der Waals surface area contributed by atoms with Crippen LogP contribution in [0.25, 0.3) is 11.0 Å². The zero-order valence-corrected chi connectivity index (χ0v) is 14.8. The van der Waals surface area contributed by atoms with E-state index in [-0.39, 0.29) is 22.9 Å². The first kappa shape index (κ1) is 17.9. The van der Waals surface area contributed by atoms with Crippen molar-refractivity contribution in [3.63, 3.8) is 0 Å². The predicted molar refractivity (Wildman–Crippen MR) is 94.5 cm³/mol. The fourth-order valence-electron chi connectivity index (χ4n) is 2.65. The highest BCUT2D eigenvalue weighted by atomic mass is 16.2. The summed E-state index contributed by atoms with van der Waals surface area (Å²) >= 11 is 0. The summed E-state index contributed by atoms with van der Waals surface area (Å²) in [6.45, 7) is 5.95. The molecule has 1 amide bonds. The fourth-order valence-corrected chi connectivity index (χ4v) is 2.65. The monoisotopic (exact) mass is 332 g/mol. The number of nitrogens with one attached hydrogen (secondary N) is 1. The van der Waals surface area contributed by atoms with Gasteiger partial charge >= 0.3 is 5.69 Å². The van der Waals surface area contributed by atoms with Crippen molar-refractivity contribution in [2.24, 2.45) is 14.1 Å². The standard InChI is InChI=1S/C17H24N4O3/c1-6-7-8-12(22)19-14-11(10(2)3)9-18-15-13(14)16(23)21(5)17(24)20(15)4/h9-10H,6-8H2,1-5H3,(H,18,19,22). The van der Waals surface area contributed by atoms with Crippen molar-refractivity contribution < 1.29 is 4.79 Å². The Morgan fingerprint density at radius 1 is 1.25 bits per heavy atom. The van der Waals surface area contributed by atoms with Gasteiger partial charge < -0.3 is 5.32 Å². The Bertz CT molecular complexity index is 893. The fraction of sp³-hybridized carbons (Fsp3) is 0.529. The number of carbonyl (C=O) groups is 1. The number of fused-ring (bicyclic) bond motifs is 1. The third-order valence-corrected chi connectivity index (χ3v) is 4.14. The lowest BCUT2D eigenvalue weighted by Gasteiger charge is -2.17. The number of nitrogens with zero attached hydrogens (tertiary/aromatic N) is 3. The number of aryl methyl sites for hydroxylation is 1. The maximum Gasteiger partial charge on any atom is 0.332 e. The number of anilines is 1. The molecule has 2 rings (SSSR count). The van der Waals surface area contributed by atoms with Gasteiger partial charge in [0.25, 0.3) is 5.56 Å². The molecule has 2 aromatic heterocycles. The van der Waals surface area contributed by atoms with Crippen molar-refractivity contribution in [3.8, 4) is 0 Å². The van der Waals surface area contributed by atoms with Gasteiger partial charge in [-0.05, 0) is 17.9 Å². The van der Waals surface area contributed by atoms with Crippen molar-refractivity contribution >= 4 is 22.6 Å². The molecule has 0 fully saturated rings. The van der Waals surface area contributed by atoms with Gasteiger partial charge in [-0.2, -0.15) is 0 Å². The molecule has 0 bridgehead atoms. The topological polar surface area (TPSA) is 86.0 Å². The van der Waals surface area contributed by atoms with Gasteiger partial charge in [0.2, 0.25) is 5.91 Å². The molecular formula is C17H24N4O3. The van der Waals surface area contributed by atoms with Crippen molar-refractivity contribution in [3.05, 3.63) is 32.6 Å². The van der Waals surface area contributed by atoms with E-state index in [9.17, 15) is 14.4 Å². The molecule has 0 aliphatic rings. The Hall–Kier alpha value is -2.44. The quantitative estimate of drug-likeness (QED) is 0.906. The van der Waals surface area contributed by atoms with Gasteiger partial charge in [0.15, 0.2) is 5.65 Å². The summed E-state index contributed by atoms with van der Waals surface area (Å²) in [5, 5.41) is 3.15. The van der Waals surface area contributed by atoms with Crippen LogP contribution in [0, 0.1) is 0 Å². The molecule has 0 aromatic carbocycles. The van der Waals surface area contributed by atoms with Crippen molar-refractivity contribution in [2.45, 2.75) is 46.0 Å². The molecule has 2 heterocycles. The van der Waals surface area contributed by atoms with Crippen LogP contribution in [-0.2, 0) is 18.9 Å². The summed E-state index contributed by atoms with van der Waals surface area (Å²) in [4.78, 5) is 41.3. The molecule has 0 unspecified atom stereocenters. The van der Waals surface area contributed by atoms with Crippen LogP contribution in [0.5, 0.6) is 0 Å².